The van der Waals surface area contributed by atoms with Gasteiger partial charge in [0.25, 0.3) is 0 Å². The SMILES string of the molecule is CC(OCC(=O)Nc1cc(F)ccc1N)C(F)(F)F. The fraction of sp³-hybridized carbons (Fsp3) is 0.364. The summed E-state index contributed by atoms with van der Waals surface area (Å²) in [6.45, 7) is -0.0273. The molecule has 0 saturated heterocycles. The molecule has 19 heavy (non-hydrogen) atoms. The topological polar surface area (TPSA) is 64.3 Å². The molecule has 0 bridgehead atoms. The van der Waals surface area contributed by atoms with Gasteiger partial charge in [-0.25, -0.2) is 4.39 Å². The van der Waals surface area contributed by atoms with E-state index < -0.39 is 30.6 Å². The van der Waals surface area contributed by atoms with Crippen molar-refractivity contribution in [3.63, 3.8) is 0 Å². The maximum absolute atomic E-state index is 12.9. The Hall–Kier alpha value is -1.83. The van der Waals surface area contributed by atoms with Crippen molar-refractivity contribution in [1.29, 1.82) is 0 Å². The van der Waals surface area contributed by atoms with E-state index in [1.165, 1.54) is 6.07 Å². The molecule has 0 radical (unpaired) electrons. The molecule has 3 N–H and O–H groups in total. The van der Waals surface area contributed by atoms with Gasteiger partial charge in [0.1, 0.15) is 12.4 Å². The number of rotatable bonds is 4. The lowest BCUT2D eigenvalue weighted by Crippen LogP contribution is -2.32. The molecule has 0 fully saturated rings. The summed E-state index contributed by atoms with van der Waals surface area (Å²) in [6.07, 6.45) is -6.61. The zero-order chi connectivity index (χ0) is 14.6. The molecule has 0 aromatic heterocycles. The summed E-state index contributed by atoms with van der Waals surface area (Å²) in [5, 5.41) is 2.16. The van der Waals surface area contributed by atoms with Crippen LogP contribution in [0.1, 0.15) is 6.92 Å². The molecule has 0 spiro atoms. The number of benzene rings is 1. The summed E-state index contributed by atoms with van der Waals surface area (Å²) in [5.41, 5.74) is 5.54. The molecular formula is C11H12F4N2O2. The fourth-order valence-electron chi connectivity index (χ4n) is 1.12. The monoisotopic (exact) mass is 280 g/mol. The number of nitrogens with one attached hydrogen (secondary N) is 1. The van der Waals surface area contributed by atoms with Crippen molar-refractivity contribution >= 4 is 17.3 Å². The highest BCUT2D eigenvalue weighted by Crippen LogP contribution is 2.22. The first-order valence-corrected chi connectivity index (χ1v) is 5.23. The van der Waals surface area contributed by atoms with E-state index in [0.29, 0.717) is 0 Å². The van der Waals surface area contributed by atoms with Gasteiger partial charge < -0.3 is 15.8 Å². The second kappa shape index (κ2) is 5.87. The number of ether oxygens (including phenoxy) is 1. The number of halogens is 4. The summed E-state index contributed by atoms with van der Waals surface area (Å²) in [6, 6.07) is 3.28. The minimum Gasteiger partial charge on any atom is -0.397 e. The van der Waals surface area contributed by atoms with E-state index in [0.717, 1.165) is 19.1 Å². The highest BCUT2D eigenvalue weighted by atomic mass is 19.4. The van der Waals surface area contributed by atoms with Crippen LogP contribution >= 0.6 is 0 Å². The fourth-order valence-corrected chi connectivity index (χ4v) is 1.12. The second-order valence-electron chi connectivity index (χ2n) is 3.77. The van der Waals surface area contributed by atoms with Crippen molar-refractivity contribution in [2.45, 2.75) is 19.2 Å². The number of alkyl halides is 3. The summed E-state index contributed by atoms with van der Waals surface area (Å²) >= 11 is 0. The molecule has 0 saturated carbocycles. The van der Waals surface area contributed by atoms with Gasteiger partial charge >= 0.3 is 6.18 Å². The van der Waals surface area contributed by atoms with Gasteiger partial charge in [-0.1, -0.05) is 0 Å². The van der Waals surface area contributed by atoms with Gasteiger partial charge in [0.05, 0.1) is 11.4 Å². The van der Waals surface area contributed by atoms with Crippen molar-refractivity contribution in [3.05, 3.63) is 24.0 Å². The number of nitrogen functional groups attached to an aromatic ring is 1. The quantitative estimate of drug-likeness (QED) is 0.657. The van der Waals surface area contributed by atoms with Crippen LogP contribution in [0.5, 0.6) is 0 Å². The van der Waals surface area contributed by atoms with E-state index in [1.807, 2.05) is 0 Å². The Bertz CT molecular complexity index is 462. The highest BCUT2D eigenvalue weighted by Gasteiger charge is 2.37. The minimum absolute atomic E-state index is 0.0201. The number of nitrogens with two attached hydrogens (primary N) is 1. The van der Waals surface area contributed by atoms with Crippen molar-refractivity contribution < 1.29 is 27.1 Å². The predicted molar refractivity (Wildman–Crippen MR) is 60.9 cm³/mol. The lowest BCUT2D eigenvalue weighted by Gasteiger charge is -2.16. The van der Waals surface area contributed by atoms with E-state index in [9.17, 15) is 22.4 Å². The molecule has 1 atom stereocenters. The van der Waals surface area contributed by atoms with Gasteiger partial charge in [-0.3, -0.25) is 4.79 Å². The smallest absolute Gasteiger partial charge is 0.397 e. The van der Waals surface area contributed by atoms with Crippen molar-refractivity contribution in [2.24, 2.45) is 0 Å². The zero-order valence-electron chi connectivity index (χ0n) is 9.92. The molecule has 1 rings (SSSR count). The molecule has 0 aliphatic rings. The lowest BCUT2D eigenvalue weighted by atomic mass is 10.2. The Morgan fingerprint density at radius 1 is 1.47 bits per heavy atom. The van der Waals surface area contributed by atoms with Crippen LogP contribution in [0, 0.1) is 5.82 Å². The predicted octanol–water partition coefficient (Wildman–Crippen LogP) is 2.31. The number of anilines is 2. The van der Waals surface area contributed by atoms with E-state index in [2.05, 4.69) is 10.1 Å². The van der Waals surface area contributed by atoms with Crippen LogP contribution in [-0.2, 0) is 9.53 Å². The van der Waals surface area contributed by atoms with E-state index in [1.54, 1.807) is 0 Å². The van der Waals surface area contributed by atoms with Gasteiger partial charge in [0, 0.05) is 0 Å². The molecule has 4 nitrogen and oxygen atoms in total. The summed E-state index contributed by atoms with van der Waals surface area (Å²) < 4.78 is 53.6. The third kappa shape index (κ3) is 4.74. The molecule has 1 aromatic rings. The number of carbonyl (C=O) groups excluding carboxylic acids is 1. The van der Waals surface area contributed by atoms with Crippen molar-refractivity contribution in [2.75, 3.05) is 17.7 Å². The average molecular weight is 280 g/mol. The third-order valence-corrected chi connectivity index (χ3v) is 2.21. The number of carbonyl (C=O) groups is 1. The van der Waals surface area contributed by atoms with Crippen LogP contribution in [0.4, 0.5) is 28.9 Å². The van der Waals surface area contributed by atoms with Crippen LogP contribution in [-0.4, -0.2) is 24.8 Å². The molecular weight excluding hydrogens is 268 g/mol. The first-order valence-electron chi connectivity index (χ1n) is 5.23. The van der Waals surface area contributed by atoms with Crippen LogP contribution in [0.25, 0.3) is 0 Å². The minimum atomic E-state index is -4.54. The second-order valence-corrected chi connectivity index (χ2v) is 3.77. The number of hydrogen-bond donors (Lipinski definition) is 2. The highest BCUT2D eigenvalue weighted by molar-refractivity contribution is 5.94. The molecule has 1 aromatic carbocycles. The van der Waals surface area contributed by atoms with Gasteiger partial charge in [-0.2, -0.15) is 13.2 Å². The summed E-state index contributed by atoms with van der Waals surface area (Å²) in [7, 11) is 0. The summed E-state index contributed by atoms with van der Waals surface area (Å²) in [4.78, 5) is 11.3. The van der Waals surface area contributed by atoms with Gasteiger partial charge in [0.2, 0.25) is 5.91 Å². The van der Waals surface area contributed by atoms with E-state index in [4.69, 9.17) is 5.73 Å². The van der Waals surface area contributed by atoms with Crippen molar-refractivity contribution in [1.82, 2.24) is 0 Å². The zero-order valence-corrected chi connectivity index (χ0v) is 9.92. The van der Waals surface area contributed by atoms with Crippen molar-refractivity contribution in [3.8, 4) is 0 Å². The largest absolute Gasteiger partial charge is 0.414 e. The Morgan fingerprint density at radius 3 is 2.68 bits per heavy atom. The molecule has 0 aliphatic carbocycles. The van der Waals surface area contributed by atoms with Gasteiger partial charge in [-0.05, 0) is 25.1 Å². The first-order chi connectivity index (χ1) is 8.70. The van der Waals surface area contributed by atoms with Crippen LogP contribution in [0.3, 0.4) is 0 Å². The average Bonchev–Trinajstić information content (AvgIpc) is 2.29. The van der Waals surface area contributed by atoms with E-state index >= 15 is 0 Å². The summed E-state index contributed by atoms with van der Waals surface area (Å²) in [5.74, 6) is -1.48. The van der Waals surface area contributed by atoms with Gasteiger partial charge in [-0.15, -0.1) is 0 Å². The number of hydrogen-bond acceptors (Lipinski definition) is 3. The van der Waals surface area contributed by atoms with E-state index in [-0.39, 0.29) is 11.4 Å². The molecule has 8 heteroatoms. The normalized spacial score (nSPS) is 13.1. The van der Waals surface area contributed by atoms with Gasteiger partial charge in [0.15, 0.2) is 6.10 Å². The third-order valence-electron chi connectivity index (χ3n) is 2.21. The Morgan fingerprint density at radius 2 is 2.11 bits per heavy atom. The maximum Gasteiger partial charge on any atom is 0.414 e. The Kier molecular flexibility index (Phi) is 4.71. The van der Waals surface area contributed by atoms with Crippen LogP contribution < -0.4 is 11.1 Å². The van der Waals surface area contributed by atoms with Crippen LogP contribution in [0.15, 0.2) is 18.2 Å². The lowest BCUT2D eigenvalue weighted by molar-refractivity contribution is -0.213. The molecule has 1 unspecified atom stereocenters. The Labute approximate surface area is 106 Å². The molecule has 0 heterocycles. The molecule has 0 aliphatic heterocycles. The molecule has 106 valence electrons. The molecule has 1 amide bonds. The Balaban J connectivity index is 2.54. The van der Waals surface area contributed by atoms with Crippen LogP contribution in [0.2, 0.25) is 0 Å². The first kappa shape index (κ1) is 15.2. The number of amides is 1. The standard InChI is InChI=1S/C11H12F4N2O2/c1-6(11(13,14)15)19-5-10(18)17-9-4-7(12)2-3-8(9)16/h2-4,6H,5,16H2,1H3,(H,17,18). The maximum atomic E-state index is 12.9.